The Labute approximate surface area is 146 Å². The normalized spacial score (nSPS) is 24.7. The van der Waals surface area contributed by atoms with Crippen LogP contribution in [0.25, 0.3) is 0 Å². The molecule has 0 fully saturated rings. The van der Waals surface area contributed by atoms with Crippen molar-refractivity contribution in [3.63, 3.8) is 0 Å². The Morgan fingerprint density at radius 2 is 2.05 bits per heavy atom. The number of hydrogen-bond acceptors (Lipinski definition) is 4. The predicted molar refractivity (Wildman–Crippen MR) is 96.9 cm³/mol. The summed E-state index contributed by atoms with van der Waals surface area (Å²) in [5, 5.41) is 14.6. The molecule has 1 N–H and O–H groups in total. The second-order valence-electron chi connectivity index (χ2n) is 5.49. The number of nitrogens with zero attached hydrogens (tertiary/aromatic N) is 2. The van der Waals surface area contributed by atoms with E-state index in [9.17, 15) is 5.11 Å². The first-order valence-corrected chi connectivity index (χ1v) is 9.91. The summed E-state index contributed by atoms with van der Waals surface area (Å²) in [6.45, 7) is 1.49. The van der Waals surface area contributed by atoms with Crippen molar-refractivity contribution in [1.82, 2.24) is 0 Å². The summed E-state index contributed by atoms with van der Waals surface area (Å²) in [5.74, 6) is 1.11. The van der Waals surface area contributed by atoms with Crippen molar-refractivity contribution in [3.05, 3.63) is 51.1 Å². The van der Waals surface area contributed by atoms with Crippen LogP contribution in [0.5, 0.6) is 0 Å². The van der Waals surface area contributed by atoms with Gasteiger partial charge in [-0.2, -0.15) is 0 Å². The molecular formula is C16H16BrN2OS2+. The molecule has 2 aliphatic rings. The summed E-state index contributed by atoms with van der Waals surface area (Å²) in [6, 6.07) is 12.4. The van der Waals surface area contributed by atoms with Gasteiger partial charge in [0.15, 0.2) is 6.54 Å². The number of thiophene rings is 1. The fraction of sp³-hybridized carbons (Fsp3) is 0.312. The van der Waals surface area contributed by atoms with Crippen molar-refractivity contribution >= 4 is 49.9 Å². The first-order valence-electron chi connectivity index (χ1n) is 7.25. The Morgan fingerprint density at radius 3 is 2.77 bits per heavy atom. The van der Waals surface area contributed by atoms with Crippen LogP contribution in [0.4, 0.5) is 5.69 Å². The molecule has 0 saturated heterocycles. The molecule has 22 heavy (non-hydrogen) atoms. The average molecular weight is 396 g/mol. The number of rotatable bonds is 2. The van der Waals surface area contributed by atoms with E-state index in [0.29, 0.717) is 6.54 Å². The van der Waals surface area contributed by atoms with Gasteiger partial charge in [-0.25, -0.2) is 9.48 Å². The highest BCUT2D eigenvalue weighted by Gasteiger charge is 2.53. The summed E-state index contributed by atoms with van der Waals surface area (Å²) in [5.41, 5.74) is 0.217. The Morgan fingerprint density at radius 1 is 1.23 bits per heavy atom. The van der Waals surface area contributed by atoms with Gasteiger partial charge in [0, 0.05) is 10.2 Å². The smallest absolute Gasteiger partial charge is 0.316 e. The third-order valence-electron chi connectivity index (χ3n) is 4.10. The van der Waals surface area contributed by atoms with Gasteiger partial charge in [0.05, 0.1) is 11.4 Å². The van der Waals surface area contributed by atoms with Crippen LogP contribution in [0.1, 0.15) is 11.3 Å². The number of anilines is 1. The van der Waals surface area contributed by atoms with E-state index in [1.54, 1.807) is 11.3 Å². The molecule has 3 heterocycles. The molecule has 6 heteroatoms. The summed E-state index contributed by atoms with van der Waals surface area (Å²) in [7, 11) is 0. The first-order chi connectivity index (χ1) is 10.7. The molecule has 0 saturated carbocycles. The third-order valence-corrected chi connectivity index (χ3v) is 6.83. The maximum absolute atomic E-state index is 11.4. The maximum Gasteiger partial charge on any atom is 0.316 e. The Bertz CT molecular complexity index is 714. The van der Waals surface area contributed by atoms with Crippen molar-refractivity contribution in [2.45, 2.75) is 12.1 Å². The molecule has 0 radical (unpaired) electrons. The second-order valence-corrected chi connectivity index (χ2v) is 8.42. The molecule has 0 bridgehead atoms. The van der Waals surface area contributed by atoms with Gasteiger partial charge in [-0.05, 0) is 53.9 Å². The van der Waals surface area contributed by atoms with Gasteiger partial charge in [-0.15, -0.1) is 11.3 Å². The van der Waals surface area contributed by atoms with E-state index in [4.69, 9.17) is 0 Å². The standard InChI is InChI=1S/C16H16BrN2OS2/c17-12-4-6-13(7-5-12)18-11-16(20,14-3-1-9-21-14)19-8-2-10-22-15(18)19/h1,3-7,9,20H,2,8,10-11H2/q+1. The van der Waals surface area contributed by atoms with Crippen molar-refractivity contribution in [1.29, 1.82) is 0 Å². The van der Waals surface area contributed by atoms with E-state index in [1.807, 2.05) is 29.3 Å². The largest absolute Gasteiger partial charge is 0.346 e. The van der Waals surface area contributed by atoms with Gasteiger partial charge in [0.25, 0.3) is 5.72 Å². The molecule has 1 atom stereocenters. The average Bonchev–Trinajstić information content (AvgIpc) is 3.17. The molecular weight excluding hydrogens is 380 g/mol. The lowest BCUT2D eigenvalue weighted by molar-refractivity contribution is -0.655. The number of aliphatic hydroxyl groups is 1. The van der Waals surface area contributed by atoms with Crippen molar-refractivity contribution in [3.8, 4) is 0 Å². The van der Waals surface area contributed by atoms with Crippen LogP contribution < -0.4 is 4.90 Å². The van der Waals surface area contributed by atoms with Crippen LogP contribution in [0.2, 0.25) is 0 Å². The topological polar surface area (TPSA) is 26.5 Å². The van der Waals surface area contributed by atoms with Crippen LogP contribution in [-0.2, 0) is 5.72 Å². The van der Waals surface area contributed by atoms with E-state index in [0.717, 1.165) is 33.8 Å². The first kappa shape index (κ1) is 14.8. The monoisotopic (exact) mass is 395 g/mol. The van der Waals surface area contributed by atoms with Crippen LogP contribution in [-0.4, -0.2) is 33.7 Å². The molecule has 4 rings (SSSR count). The van der Waals surface area contributed by atoms with E-state index in [2.05, 4.69) is 49.7 Å². The molecule has 1 unspecified atom stereocenters. The zero-order chi connectivity index (χ0) is 15.2. The van der Waals surface area contributed by atoms with Gasteiger partial charge in [0.1, 0.15) is 5.69 Å². The quantitative estimate of drug-likeness (QED) is 0.785. The Kier molecular flexibility index (Phi) is 3.80. The highest BCUT2D eigenvalue weighted by Crippen LogP contribution is 2.39. The van der Waals surface area contributed by atoms with Crippen LogP contribution in [0.15, 0.2) is 46.3 Å². The van der Waals surface area contributed by atoms with Crippen LogP contribution in [0, 0.1) is 0 Å². The van der Waals surface area contributed by atoms with Crippen LogP contribution in [0.3, 0.4) is 0 Å². The number of hydrogen-bond donors (Lipinski definition) is 1. The Hall–Kier alpha value is -0.820. The minimum atomic E-state index is -0.913. The molecule has 0 aliphatic carbocycles. The van der Waals surface area contributed by atoms with Crippen molar-refractivity contribution in [2.24, 2.45) is 0 Å². The Balaban J connectivity index is 1.79. The second kappa shape index (κ2) is 5.67. The van der Waals surface area contributed by atoms with Gasteiger partial charge in [-0.3, -0.25) is 0 Å². The fourth-order valence-corrected chi connectivity index (χ4v) is 5.31. The van der Waals surface area contributed by atoms with E-state index >= 15 is 0 Å². The van der Waals surface area contributed by atoms with E-state index in [1.165, 1.54) is 5.17 Å². The highest BCUT2D eigenvalue weighted by molar-refractivity contribution is 9.10. The molecule has 2 aliphatic heterocycles. The number of benzene rings is 1. The number of halogens is 1. The summed E-state index contributed by atoms with van der Waals surface area (Å²) < 4.78 is 3.25. The minimum Gasteiger partial charge on any atom is -0.346 e. The van der Waals surface area contributed by atoms with E-state index in [-0.39, 0.29) is 0 Å². The van der Waals surface area contributed by atoms with Gasteiger partial charge in [0.2, 0.25) is 0 Å². The molecule has 3 nitrogen and oxygen atoms in total. The fourth-order valence-electron chi connectivity index (χ4n) is 3.04. The predicted octanol–water partition coefficient (Wildman–Crippen LogP) is 3.68. The summed E-state index contributed by atoms with van der Waals surface area (Å²) in [4.78, 5) is 3.27. The molecule has 1 aromatic carbocycles. The zero-order valence-electron chi connectivity index (χ0n) is 11.9. The van der Waals surface area contributed by atoms with Crippen LogP contribution >= 0.6 is 39.0 Å². The van der Waals surface area contributed by atoms with Crippen molar-refractivity contribution < 1.29 is 9.68 Å². The third kappa shape index (κ3) is 2.33. The maximum atomic E-state index is 11.4. The zero-order valence-corrected chi connectivity index (χ0v) is 15.1. The SMILES string of the molecule is OC1(c2cccs2)CN(c2ccc(Br)cc2)C2=[N+]1CCCS2. The molecule has 114 valence electrons. The highest BCUT2D eigenvalue weighted by atomic mass is 79.9. The van der Waals surface area contributed by atoms with Gasteiger partial charge < -0.3 is 5.11 Å². The number of β-amino-alcohol motifs (C(OH)–C–C–N with tert-alkyl or cyclic N) is 1. The van der Waals surface area contributed by atoms with Gasteiger partial charge >= 0.3 is 5.17 Å². The minimum absolute atomic E-state index is 0.581. The van der Waals surface area contributed by atoms with E-state index < -0.39 is 5.72 Å². The summed E-state index contributed by atoms with van der Waals surface area (Å²) in [6.07, 6.45) is 1.11. The van der Waals surface area contributed by atoms with Crippen molar-refractivity contribution in [2.75, 3.05) is 23.7 Å². The molecule has 1 aromatic heterocycles. The number of amidine groups is 1. The molecule has 2 aromatic rings. The lowest BCUT2D eigenvalue weighted by atomic mass is 10.1. The molecule has 0 amide bonds. The lowest BCUT2D eigenvalue weighted by Crippen LogP contribution is -2.40. The molecule has 0 spiro atoms. The lowest BCUT2D eigenvalue weighted by Gasteiger charge is -2.22. The number of thioether (sulfide) groups is 1. The summed E-state index contributed by atoms with van der Waals surface area (Å²) >= 11 is 6.96. The van der Waals surface area contributed by atoms with Gasteiger partial charge in [-0.1, -0.05) is 22.0 Å².